The van der Waals surface area contributed by atoms with E-state index < -0.39 is 16.1 Å². The van der Waals surface area contributed by atoms with Gasteiger partial charge in [0, 0.05) is 20.5 Å². The summed E-state index contributed by atoms with van der Waals surface area (Å²) >= 11 is 0. The molecule has 0 bridgehead atoms. The highest BCUT2D eigenvalue weighted by Gasteiger charge is 2.12. The standard InChI is InChI=1S/C18H37NO4.C7H8O3S/c1-4-5-6-7-8-9-10-11-14-17(22-23-19(2)3)15-12-13-16-18(20)21;1-6-2-4-7(5-3-6)11(8,9)10/h17H,4-16H2,1-3H3,(H,20,21);2-5H,1H3,(H,8,9,10). The van der Waals surface area contributed by atoms with Gasteiger partial charge in [-0.3, -0.25) is 9.35 Å². The van der Waals surface area contributed by atoms with E-state index in [9.17, 15) is 13.2 Å². The second-order valence-electron chi connectivity index (χ2n) is 8.80. The number of hydrogen-bond acceptors (Lipinski definition) is 6. The molecule has 2 N–H and O–H groups in total. The molecule has 8 nitrogen and oxygen atoms in total. The summed E-state index contributed by atoms with van der Waals surface area (Å²) in [4.78, 5) is 21.0. The molecule has 1 aromatic rings. The lowest BCUT2D eigenvalue weighted by Gasteiger charge is -2.18. The van der Waals surface area contributed by atoms with Gasteiger partial charge in [-0.2, -0.15) is 13.5 Å². The number of carboxylic acids is 1. The molecule has 1 aromatic carbocycles. The summed E-state index contributed by atoms with van der Waals surface area (Å²) < 4.78 is 29.6. The summed E-state index contributed by atoms with van der Waals surface area (Å²) in [5, 5.41) is 10.2. The van der Waals surface area contributed by atoms with Gasteiger partial charge < -0.3 is 5.11 Å². The highest BCUT2D eigenvalue weighted by Crippen LogP contribution is 2.16. The van der Waals surface area contributed by atoms with Crippen molar-refractivity contribution in [1.82, 2.24) is 5.06 Å². The number of aliphatic carboxylic acids is 1. The van der Waals surface area contributed by atoms with Crippen molar-refractivity contribution < 1.29 is 32.7 Å². The molecule has 1 unspecified atom stereocenters. The van der Waals surface area contributed by atoms with Crippen LogP contribution in [0.15, 0.2) is 29.2 Å². The van der Waals surface area contributed by atoms with E-state index >= 15 is 0 Å². The predicted octanol–water partition coefficient (Wildman–Crippen LogP) is 6.20. The third-order valence-corrected chi connectivity index (χ3v) is 6.06. The quantitative estimate of drug-likeness (QED) is 0.105. The number of carbonyl (C=O) groups is 1. The lowest BCUT2D eigenvalue weighted by atomic mass is 10.0. The molecular weight excluding hydrogens is 458 g/mol. The number of aryl methyl sites for hydroxylation is 1. The lowest BCUT2D eigenvalue weighted by molar-refractivity contribution is -0.433. The van der Waals surface area contributed by atoms with Gasteiger partial charge in [-0.05, 0) is 38.3 Å². The van der Waals surface area contributed by atoms with Crippen LogP contribution in [0, 0.1) is 6.92 Å². The summed E-state index contributed by atoms with van der Waals surface area (Å²) in [5.41, 5.74) is 0.956. The van der Waals surface area contributed by atoms with Crippen LogP contribution in [-0.2, 0) is 24.8 Å². The van der Waals surface area contributed by atoms with E-state index in [0.29, 0.717) is 6.42 Å². The fraction of sp³-hybridized carbons (Fsp3) is 0.720. The van der Waals surface area contributed by atoms with Crippen LogP contribution in [0.25, 0.3) is 0 Å². The Hall–Kier alpha value is -1.52. The molecule has 0 amide bonds. The first-order chi connectivity index (χ1) is 16.1. The molecule has 0 aliphatic carbocycles. The van der Waals surface area contributed by atoms with Crippen molar-refractivity contribution in [3.05, 3.63) is 29.8 Å². The molecule has 0 aliphatic heterocycles. The van der Waals surface area contributed by atoms with Crippen molar-refractivity contribution in [2.75, 3.05) is 14.1 Å². The Balaban J connectivity index is 0.000000818. The van der Waals surface area contributed by atoms with Crippen LogP contribution in [0.4, 0.5) is 0 Å². The average Bonchev–Trinajstić information content (AvgIpc) is 2.76. The molecule has 1 atom stereocenters. The molecule has 9 heteroatoms. The maximum atomic E-state index is 10.5. The van der Waals surface area contributed by atoms with E-state index in [1.807, 2.05) is 6.92 Å². The SMILES string of the molecule is CCCCCCCCCCC(CCCCC(=O)O)OON(C)C.Cc1ccc(S(=O)(=O)O)cc1. The first-order valence-corrected chi connectivity index (χ1v) is 13.8. The number of nitrogens with zero attached hydrogens (tertiary/aromatic N) is 1. The Labute approximate surface area is 206 Å². The summed E-state index contributed by atoms with van der Waals surface area (Å²) in [6.07, 6.45) is 14.1. The van der Waals surface area contributed by atoms with Crippen molar-refractivity contribution in [2.45, 2.75) is 108 Å². The highest BCUT2D eigenvalue weighted by molar-refractivity contribution is 7.85. The monoisotopic (exact) mass is 503 g/mol. The summed E-state index contributed by atoms with van der Waals surface area (Å²) in [7, 11) is -0.441. The van der Waals surface area contributed by atoms with Gasteiger partial charge in [-0.25, -0.2) is 4.89 Å². The van der Waals surface area contributed by atoms with E-state index in [2.05, 4.69) is 6.92 Å². The first-order valence-electron chi connectivity index (χ1n) is 12.3. The maximum Gasteiger partial charge on any atom is 0.303 e. The van der Waals surface area contributed by atoms with Crippen molar-refractivity contribution in [2.24, 2.45) is 0 Å². The van der Waals surface area contributed by atoms with E-state index in [-0.39, 0.29) is 17.4 Å². The summed E-state index contributed by atoms with van der Waals surface area (Å²) in [6, 6.07) is 5.99. The zero-order valence-corrected chi connectivity index (χ0v) is 22.2. The van der Waals surface area contributed by atoms with Crippen molar-refractivity contribution >= 4 is 16.1 Å². The normalized spacial score (nSPS) is 12.3. The molecule has 0 spiro atoms. The topological polar surface area (TPSA) is 113 Å². The van der Waals surface area contributed by atoms with Gasteiger partial charge >= 0.3 is 5.97 Å². The molecule has 0 radical (unpaired) electrons. The van der Waals surface area contributed by atoms with E-state index in [1.54, 1.807) is 26.2 Å². The van der Waals surface area contributed by atoms with Gasteiger partial charge in [0.2, 0.25) is 0 Å². The lowest BCUT2D eigenvalue weighted by Crippen LogP contribution is -2.20. The zero-order chi connectivity index (χ0) is 25.8. The summed E-state index contributed by atoms with van der Waals surface area (Å²) in [5.74, 6) is -0.727. The minimum atomic E-state index is -4.02. The zero-order valence-electron chi connectivity index (χ0n) is 21.4. The van der Waals surface area contributed by atoms with Gasteiger partial charge in [0.1, 0.15) is 0 Å². The van der Waals surface area contributed by atoms with Gasteiger partial charge in [0.05, 0.1) is 11.0 Å². The second-order valence-corrected chi connectivity index (χ2v) is 10.2. The molecule has 0 heterocycles. The van der Waals surface area contributed by atoms with E-state index in [0.717, 1.165) is 31.2 Å². The van der Waals surface area contributed by atoms with Crippen LogP contribution in [0.1, 0.15) is 96.0 Å². The molecule has 0 aromatic heterocycles. The number of hydrogen-bond donors (Lipinski definition) is 2. The van der Waals surface area contributed by atoms with E-state index in [4.69, 9.17) is 19.5 Å². The van der Waals surface area contributed by atoms with Crippen LogP contribution < -0.4 is 0 Å². The van der Waals surface area contributed by atoms with Crippen molar-refractivity contribution in [1.29, 1.82) is 0 Å². The van der Waals surface area contributed by atoms with Crippen LogP contribution in [0.5, 0.6) is 0 Å². The van der Waals surface area contributed by atoms with Crippen LogP contribution in [0.3, 0.4) is 0 Å². The van der Waals surface area contributed by atoms with Crippen molar-refractivity contribution in [3.63, 3.8) is 0 Å². The third kappa shape index (κ3) is 19.9. The number of rotatable bonds is 18. The Morgan fingerprint density at radius 1 is 0.912 bits per heavy atom. The molecule has 1 rings (SSSR count). The Kier molecular flexibility index (Phi) is 18.9. The molecule has 0 saturated heterocycles. The highest BCUT2D eigenvalue weighted by atomic mass is 32.2. The Bertz CT molecular complexity index is 736. The average molecular weight is 504 g/mol. The predicted molar refractivity (Wildman–Crippen MR) is 134 cm³/mol. The Morgan fingerprint density at radius 2 is 1.41 bits per heavy atom. The fourth-order valence-corrected chi connectivity index (χ4v) is 3.73. The van der Waals surface area contributed by atoms with Crippen LogP contribution >= 0.6 is 0 Å². The fourth-order valence-electron chi connectivity index (χ4n) is 3.25. The first kappa shape index (κ1) is 32.5. The van der Waals surface area contributed by atoms with Gasteiger partial charge in [0.15, 0.2) is 0 Å². The van der Waals surface area contributed by atoms with Gasteiger partial charge in [-0.1, -0.05) is 82.4 Å². The molecule has 0 saturated carbocycles. The van der Waals surface area contributed by atoms with E-state index in [1.165, 1.54) is 62.1 Å². The van der Waals surface area contributed by atoms with Crippen LogP contribution in [0.2, 0.25) is 0 Å². The summed E-state index contributed by atoms with van der Waals surface area (Å²) in [6.45, 7) is 4.08. The maximum absolute atomic E-state index is 10.5. The number of unbranched alkanes of at least 4 members (excludes halogenated alkanes) is 8. The smallest absolute Gasteiger partial charge is 0.303 e. The number of benzene rings is 1. The van der Waals surface area contributed by atoms with Gasteiger partial charge in [0.25, 0.3) is 10.1 Å². The largest absolute Gasteiger partial charge is 0.481 e. The van der Waals surface area contributed by atoms with Crippen LogP contribution in [-0.4, -0.2) is 49.3 Å². The molecule has 0 aliphatic rings. The number of hydroxylamine groups is 2. The molecular formula is C25H45NO7S. The minimum absolute atomic E-state index is 0.0614. The molecule has 198 valence electrons. The number of carboxylic acid groups (broad SMARTS) is 1. The third-order valence-electron chi connectivity index (χ3n) is 5.19. The minimum Gasteiger partial charge on any atom is -0.481 e. The van der Waals surface area contributed by atoms with Gasteiger partial charge in [-0.15, -0.1) is 4.99 Å². The molecule has 0 fully saturated rings. The second kappa shape index (κ2) is 19.8. The molecule has 34 heavy (non-hydrogen) atoms. The Morgan fingerprint density at radius 3 is 1.88 bits per heavy atom. The van der Waals surface area contributed by atoms with Crippen molar-refractivity contribution in [3.8, 4) is 0 Å².